The molecule has 1 aliphatic rings. The van der Waals surface area contributed by atoms with Crippen LogP contribution in [0.4, 0.5) is 0 Å². The lowest BCUT2D eigenvalue weighted by molar-refractivity contribution is 0.189. The Morgan fingerprint density at radius 1 is 1.44 bits per heavy atom. The van der Waals surface area contributed by atoms with Crippen LogP contribution >= 0.6 is 11.8 Å². The van der Waals surface area contributed by atoms with E-state index in [-0.39, 0.29) is 0 Å². The van der Waals surface area contributed by atoms with Gasteiger partial charge in [-0.15, -0.1) is 11.8 Å². The van der Waals surface area contributed by atoms with Gasteiger partial charge in [-0.2, -0.15) is 0 Å². The average molecular weight is 265 g/mol. The molecule has 0 aliphatic carbocycles. The Kier molecular flexibility index (Phi) is 5.54. The van der Waals surface area contributed by atoms with Crippen molar-refractivity contribution < 1.29 is 4.74 Å². The molecule has 1 aliphatic heterocycles. The summed E-state index contributed by atoms with van der Waals surface area (Å²) in [5.41, 5.74) is 1.37. The minimum absolute atomic E-state index is 0.539. The second-order valence-electron chi connectivity index (χ2n) is 5.22. The molecule has 0 radical (unpaired) electrons. The summed E-state index contributed by atoms with van der Waals surface area (Å²) in [6.07, 6.45) is 1.22. The Labute approximate surface area is 114 Å². The normalized spacial score (nSPS) is 19.6. The molecular formula is C15H23NOS. The molecule has 3 heteroatoms. The van der Waals surface area contributed by atoms with Gasteiger partial charge in [-0.25, -0.2) is 0 Å². The molecule has 1 heterocycles. The van der Waals surface area contributed by atoms with Gasteiger partial charge in [-0.1, -0.05) is 26.0 Å². The van der Waals surface area contributed by atoms with Gasteiger partial charge in [0.1, 0.15) is 0 Å². The number of rotatable bonds is 6. The fourth-order valence-corrected chi connectivity index (χ4v) is 3.10. The largest absolute Gasteiger partial charge is 0.381 e. The standard InChI is InChI=1S/C15H23NOS/c1-12(2)16-9-13-4-3-5-15(8-13)18-11-14-6-7-17-10-14/h3-5,8,12,14,16H,6-7,9-11H2,1-2H3. The maximum absolute atomic E-state index is 5.41. The molecule has 0 spiro atoms. The van der Waals surface area contributed by atoms with Crippen molar-refractivity contribution in [1.29, 1.82) is 0 Å². The lowest BCUT2D eigenvalue weighted by Gasteiger charge is -2.10. The van der Waals surface area contributed by atoms with Crippen molar-refractivity contribution in [3.05, 3.63) is 29.8 Å². The Hall–Kier alpha value is -0.510. The van der Waals surface area contributed by atoms with Crippen LogP contribution in [0.15, 0.2) is 29.2 Å². The number of hydrogen-bond donors (Lipinski definition) is 1. The van der Waals surface area contributed by atoms with Crippen LogP contribution in [-0.4, -0.2) is 25.0 Å². The first-order chi connectivity index (χ1) is 8.74. The van der Waals surface area contributed by atoms with Crippen LogP contribution < -0.4 is 5.32 Å². The maximum atomic E-state index is 5.41. The number of thioether (sulfide) groups is 1. The molecule has 1 N–H and O–H groups in total. The number of ether oxygens (including phenoxy) is 1. The van der Waals surface area contributed by atoms with Gasteiger partial charge >= 0.3 is 0 Å². The monoisotopic (exact) mass is 265 g/mol. The van der Waals surface area contributed by atoms with E-state index in [1.54, 1.807) is 0 Å². The molecule has 0 amide bonds. The zero-order chi connectivity index (χ0) is 12.8. The summed E-state index contributed by atoms with van der Waals surface area (Å²) in [6, 6.07) is 9.40. The van der Waals surface area contributed by atoms with E-state index >= 15 is 0 Å². The molecule has 2 rings (SSSR count). The van der Waals surface area contributed by atoms with Crippen molar-refractivity contribution in [2.75, 3.05) is 19.0 Å². The molecule has 2 nitrogen and oxygen atoms in total. The number of hydrogen-bond acceptors (Lipinski definition) is 3. The van der Waals surface area contributed by atoms with E-state index in [9.17, 15) is 0 Å². The summed E-state index contributed by atoms with van der Waals surface area (Å²) in [5, 5.41) is 3.46. The Balaban J connectivity index is 1.82. The zero-order valence-corrected chi connectivity index (χ0v) is 12.1. The van der Waals surface area contributed by atoms with Gasteiger partial charge < -0.3 is 10.1 Å². The van der Waals surface area contributed by atoms with E-state index in [0.717, 1.165) is 25.7 Å². The smallest absolute Gasteiger partial charge is 0.0503 e. The van der Waals surface area contributed by atoms with Crippen LogP contribution in [0.25, 0.3) is 0 Å². The highest BCUT2D eigenvalue weighted by atomic mass is 32.2. The number of nitrogens with one attached hydrogen (secondary N) is 1. The maximum Gasteiger partial charge on any atom is 0.0503 e. The second kappa shape index (κ2) is 7.17. The van der Waals surface area contributed by atoms with Gasteiger partial charge in [0.25, 0.3) is 0 Å². The minimum atomic E-state index is 0.539. The summed E-state index contributed by atoms with van der Waals surface area (Å²) in [6.45, 7) is 7.21. The fourth-order valence-electron chi connectivity index (χ4n) is 2.00. The average Bonchev–Trinajstić information content (AvgIpc) is 2.87. The van der Waals surface area contributed by atoms with E-state index in [1.807, 2.05) is 11.8 Å². The summed E-state index contributed by atoms with van der Waals surface area (Å²) in [4.78, 5) is 1.38. The third kappa shape index (κ3) is 4.63. The Bertz CT molecular complexity index is 361. The first-order valence-electron chi connectivity index (χ1n) is 6.77. The van der Waals surface area contributed by atoms with Gasteiger partial charge in [-0.3, -0.25) is 0 Å². The molecule has 1 atom stereocenters. The van der Waals surface area contributed by atoms with Crippen LogP contribution in [0.2, 0.25) is 0 Å². The molecule has 0 bridgehead atoms. The predicted molar refractivity (Wildman–Crippen MR) is 78.1 cm³/mol. The van der Waals surface area contributed by atoms with E-state index < -0.39 is 0 Å². The van der Waals surface area contributed by atoms with Gasteiger partial charge in [-0.05, 0) is 30.0 Å². The third-order valence-corrected chi connectivity index (χ3v) is 4.35. The molecule has 0 saturated carbocycles. The van der Waals surface area contributed by atoms with Crippen molar-refractivity contribution in [1.82, 2.24) is 5.32 Å². The molecule has 1 aromatic carbocycles. The summed E-state index contributed by atoms with van der Waals surface area (Å²) in [5.74, 6) is 1.92. The highest BCUT2D eigenvalue weighted by molar-refractivity contribution is 7.99. The SMILES string of the molecule is CC(C)NCc1cccc(SCC2CCOC2)c1. The van der Waals surface area contributed by atoms with Crippen molar-refractivity contribution in [3.8, 4) is 0 Å². The highest BCUT2D eigenvalue weighted by Crippen LogP contribution is 2.25. The quantitative estimate of drug-likeness (QED) is 0.797. The van der Waals surface area contributed by atoms with Crippen molar-refractivity contribution in [3.63, 3.8) is 0 Å². The first-order valence-corrected chi connectivity index (χ1v) is 7.75. The highest BCUT2D eigenvalue weighted by Gasteiger charge is 2.15. The van der Waals surface area contributed by atoms with Gasteiger partial charge in [0, 0.05) is 29.8 Å². The lowest BCUT2D eigenvalue weighted by atomic mass is 10.2. The zero-order valence-electron chi connectivity index (χ0n) is 11.3. The van der Waals surface area contributed by atoms with Gasteiger partial charge in [0.15, 0.2) is 0 Å². The van der Waals surface area contributed by atoms with E-state index in [0.29, 0.717) is 6.04 Å². The molecule has 100 valence electrons. The molecule has 1 saturated heterocycles. The molecular weight excluding hydrogens is 242 g/mol. The van der Waals surface area contributed by atoms with Gasteiger partial charge in [0.05, 0.1) is 6.61 Å². The number of benzene rings is 1. The first kappa shape index (κ1) is 13.9. The van der Waals surface area contributed by atoms with Crippen LogP contribution in [0.3, 0.4) is 0 Å². The van der Waals surface area contributed by atoms with Crippen LogP contribution in [0.1, 0.15) is 25.8 Å². The third-order valence-electron chi connectivity index (χ3n) is 3.12. The van der Waals surface area contributed by atoms with Crippen molar-refractivity contribution in [2.24, 2.45) is 5.92 Å². The molecule has 1 aromatic rings. The molecule has 18 heavy (non-hydrogen) atoms. The molecule has 0 aromatic heterocycles. The Morgan fingerprint density at radius 3 is 3.06 bits per heavy atom. The van der Waals surface area contributed by atoms with Crippen LogP contribution in [0.5, 0.6) is 0 Å². The summed E-state index contributed by atoms with van der Waals surface area (Å²) < 4.78 is 5.41. The topological polar surface area (TPSA) is 21.3 Å². The summed E-state index contributed by atoms with van der Waals surface area (Å²) in [7, 11) is 0. The van der Waals surface area contributed by atoms with E-state index in [1.165, 1.54) is 22.6 Å². The van der Waals surface area contributed by atoms with Crippen LogP contribution in [-0.2, 0) is 11.3 Å². The Morgan fingerprint density at radius 2 is 2.33 bits per heavy atom. The van der Waals surface area contributed by atoms with Crippen molar-refractivity contribution >= 4 is 11.8 Å². The summed E-state index contributed by atoms with van der Waals surface area (Å²) >= 11 is 1.96. The van der Waals surface area contributed by atoms with Gasteiger partial charge in [0.2, 0.25) is 0 Å². The van der Waals surface area contributed by atoms with Crippen LogP contribution in [0, 0.1) is 5.92 Å². The van der Waals surface area contributed by atoms with E-state index in [2.05, 4.69) is 43.4 Å². The molecule has 1 fully saturated rings. The molecule has 1 unspecified atom stereocenters. The fraction of sp³-hybridized carbons (Fsp3) is 0.600. The van der Waals surface area contributed by atoms with Crippen molar-refractivity contribution in [2.45, 2.75) is 37.8 Å². The lowest BCUT2D eigenvalue weighted by Crippen LogP contribution is -2.21. The predicted octanol–water partition coefficient (Wildman–Crippen LogP) is 3.31. The second-order valence-corrected chi connectivity index (χ2v) is 6.32. The minimum Gasteiger partial charge on any atom is -0.381 e. The van der Waals surface area contributed by atoms with E-state index in [4.69, 9.17) is 4.74 Å².